The summed E-state index contributed by atoms with van der Waals surface area (Å²) in [5.41, 5.74) is 5.97. The van der Waals surface area contributed by atoms with Crippen molar-refractivity contribution in [2.45, 2.75) is 20.3 Å². The second-order valence-corrected chi connectivity index (χ2v) is 2.47. The largest absolute Gasteiger partial charge is 0.370 e. The van der Waals surface area contributed by atoms with E-state index in [1.54, 1.807) is 6.92 Å². The van der Waals surface area contributed by atoms with E-state index in [1.165, 1.54) is 5.56 Å². The van der Waals surface area contributed by atoms with Gasteiger partial charge in [0.1, 0.15) is 0 Å². The molecule has 0 aromatic heterocycles. The molecule has 0 atom stereocenters. The minimum Gasteiger partial charge on any atom is -0.370 e. The predicted octanol–water partition coefficient (Wildman–Crippen LogP) is 1.88. The molecule has 0 radical (unpaired) electrons. The second-order valence-electron chi connectivity index (χ2n) is 2.47. The van der Waals surface area contributed by atoms with E-state index in [1.807, 2.05) is 18.2 Å². The Bertz CT molecular complexity index is 219. The maximum atomic E-state index is 9.59. The molecule has 12 heavy (non-hydrogen) atoms. The molecule has 0 aliphatic carbocycles. The zero-order chi connectivity index (χ0) is 9.40. The normalized spacial score (nSPS) is 8.17. The molecule has 0 aliphatic rings. The molecule has 0 aliphatic heterocycles. The lowest BCUT2D eigenvalue weighted by Gasteiger charge is -1.82. The Morgan fingerprint density at radius 3 is 1.92 bits per heavy atom. The highest BCUT2D eigenvalue weighted by molar-refractivity contribution is 5.73. The zero-order valence-corrected chi connectivity index (χ0v) is 7.58. The first-order chi connectivity index (χ1) is 5.66. The highest BCUT2D eigenvalue weighted by atomic mass is 16.1. The van der Waals surface area contributed by atoms with Crippen LogP contribution in [0.25, 0.3) is 0 Å². The van der Waals surface area contributed by atoms with E-state index in [0.29, 0.717) is 6.42 Å². The average molecular weight is 165 g/mol. The maximum absolute atomic E-state index is 9.59. The number of aryl methyl sites for hydroxylation is 1. The molecule has 1 amide bonds. The smallest absolute Gasteiger partial charge is 0.217 e. The number of carbonyl (C=O) groups is 1. The van der Waals surface area contributed by atoms with Crippen LogP contribution in [0.3, 0.4) is 0 Å². The van der Waals surface area contributed by atoms with Crippen LogP contribution in [0.2, 0.25) is 0 Å². The first-order valence-corrected chi connectivity index (χ1v) is 3.96. The Morgan fingerprint density at radius 2 is 1.75 bits per heavy atom. The van der Waals surface area contributed by atoms with Gasteiger partial charge in [-0.1, -0.05) is 42.8 Å². The molecule has 0 spiro atoms. The highest BCUT2D eigenvalue weighted by Crippen LogP contribution is 1.92. The highest BCUT2D eigenvalue weighted by Gasteiger charge is 1.77. The van der Waals surface area contributed by atoms with Crippen LogP contribution in [-0.2, 0) is 4.79 Å². The molecule has 2 N–H and O–H groups in total. The van der Waals surface area contributed by atoms with Crippen LogP contribution in [0.5, 0.6) is 0 Å². The van der Waals surface area contributed by atoms with E-state index in [4.69, 9.17) is 0 Å². The number of nitrogens with two attached hydrogens (primary N) is 1. The van der Waals surface area contributed by atoms with Crippen LogP contribution in [0, 0.1) is 6.92 Å². The van der Waals surface area contributed by atoms with Gasteiger partial charge in [-0.25, -0.2) is 0 Å². The molecule has 1 aromatic rings. The van der Waals surface area contributed by atoms with E-state index in [9.17, 15) is 4.79 Å². The van der Waals surface area contributed by atoms with Crippen molar-refractivity contribution in [3.8, 4) is 0 Å². The molecular weight excluding hydrogens is 150 g/mol. The summed E-state index contributed by atoms with van der Waals surface area (Å²) in [7, 11) is 0. The van der Waals surface area contributed by atoms with Crippen molar-refractivity contribution in [2.24, 2.45) is 5.73 Å². The van der Waals surface area contributed by atoms with Gasteiger partial charge in [0.05, 0.1) is 0 Å². The van der Waals surface area contributed by atoms with E-state index >= 15 is 0 Å². The molecule has 0 heterocycles. The van der Waals surface area contributed by atoms with Gasteiger partial charge in [0.25, 0.3) is 0 Å². The summed E-state index contributed by atoms with van der Waals surface area (Å²) >= 11 is 0. The predicted molar refractivity (Wildman–Crippen MR) is 50.7 cm³/mol. The average Bonchev–Trinajstić information content (AvgIpc) is 2.07. The number of rotatable bonds is 1. The van der Waals surface area contributed by atoms with Gasteiger partial charge in [0.2, 0.25) is 5.91 Å². The van der Waals surface area contributed by atoms with E-state index in [-0.39, 0.29) is 5.91 Å². The second kappa shape index (κ2) is 6.40. The van der Waals surface area contributed by atoms with Crippen molar-refractivity contribution in [1.82, 2.24) is 0 Å². The molecule has 0 fully saturated rings. The van der Waals surface area contributed by atoms with Crippen molar-refractivity contribution < 1.29 is 4.79 Å². The first-order valence-electron chi connectivity index (χ1n) is 3.96. The van der Waals surface area contributed by atoms with Crippen LogP contribution >= 0.6 is 0 Å². The van der Waals surface area contributed by atoms with E-state index in [0.717, 1.165) is 0 Å². The summed E-state index contributed by atoms with van der Waals surface area (Å²) in [4.78, 5) is 9.59. The molecule has 0 bridgehead atoms. The standard InChI is InChI=1S/C7H8.C3H7NO/c1-7-5-3-2-4-6-7;1-2-3(4)5/h2-6H,1H3;2H2,1H3,(H2,4,5). The van der Waals surface area contributed by atoms with E-state index in [2.05, 4.69) is 24.8 Å². The van der Waals surface area contributed by atoms with Gasteiger partial charge in [0, 0.05) is 6.42 Å². The molecule has 0 saturated carbocycles. The van der Waals surface area contributed by atoms with Gasteiger partial charge in [-0.2, -0.15) is 0 Å². The van der Waals surface area contributed by atoms with Crippen LogP contribution in [0.1, 0.15) is 18.9 Å². The molecule has 2 heteroatoms. The summed E-state index contributed by atoms with van der Waals surface area (Å²) in [5, 5.41) is 0. The summed E-state index contributed by atoms with van der Waals surface area (Å²) in [6.45, 7) is 3.81. The van der Waals surface area contributed by atoms with Crippen molar-refractivity contribution in [1.29, 1.82) is 0 Å². The fraction of sp³-hybridized carbons (Fsp3) is 0.300. The van der Waals surface area contributed by atoms with Crippen LogP contribution in [0.4, 0.5) is 0 Å². The third-order valence-corrected chi connectivity index (χ3v) is 1.29. The Labute approximate surface area is 73.4 Å². The molecule has 0 saturated heterocycles. The molecule has 66 valence electrons. The van der Waals surface area contributed by atoms with Gasteiger partial charge in [-0.3, -0.25) is 4.79 Å². The van der Waals surface area contributed by atoms with Crippen LogP contribution in [0.15, 0.2) is 30.3 Å². The van der Waals surface area contributed by atoms with Crippen molar-refractivity contribution in [3.05, 3.63) is 35.9 Å². The third-order valence-electron chi connectivity index (χ3n) is 1.29. The summed E-state index contributed by atoms with van der Waals surface area (Å²) in [5.74, 6) is -0.245. The van der Waals surface area contributed by atoms with Crippen LogP contribution < -0.4 is 5.73 Å². The Morgan fingerprint density at radius 1 is 1.33 bits per heavy atom. The third kappa shape index (κ3) is 6.81. The van der Waals surface area contributed by atoms with Gasteiger partial charge in [-0.15, -0.1) is 0 Å². The topological polar surface area (TPSA) is 43.1 Å². The monoisotopic (exact) mass is 165 g/mol. The molecule has 1 rings (SSSR count). The summed E-state index contributed by atoms with van der Waals surface area (Å²) < 4.78 is 0. The number of benzene rings is 1. The van der Waals surface area contributed by atoms with Crippen LogP contribution in [-0.4, -0.2) is 5.91 Å². The maximum Gasteiger partial charge on any atom is 0.217 e. The fourth-order valence-corrected chi connectivity index (χ4v) is 0.534. The van der Waals surface area contributed by atoms with Crippen molar-refractivity contribution in [2.75, 3.05) is 0 Å². The van der Waals surface area contributed by atoms with Gasteiger partial charge in [-0.05, 0) is 6.92 Å². The molecule has 0 unspecified atom stereocenters. The van der Waals surface area contributed by atoms with Gasteiger partial charge >= 0.3 is 0 Å². The Balaban J connectivity index is 0.000000217. The SMILES string of the molecule is CCC(N)=O.Cc1ccccc1. The first kappa shape index (κ1) is 10.7. The fourth-order valence-electron chi connectivity index (χ4n) is 0.534. The number of primary amides is 1. The summed E-state index contributed by atoms with van der Waals surface area (Å²) in [6.07, 6.45) is 0.444. The lowest BCUT2D eigenvalue weighted by atomic mass is 10.2. The number of amides is 1. The molecule has 1 aromatic carbocycles. The summed E-state index contributed by atoms with van der Waals surface area (Å²) in [6, 6.07) is 10.3. The number of hydrogen-bond acceptors (Lipinski definition) is 1. The Hall–Kier alpha value is -1.31. The molecular formula is C10H15NO. The zero-order valence-electron chi connectivity index (χ0n) is 7.58. The molecule has 2 nitrogen and oxygen atoms in total. The van der Waals surface area contributed by atoms with Gasteiger partial charge < -0.3 is 5.73 Å². The minimum atomic E-state index is -0.245. The van der Waals surface area contributed by atoms with Crippen molar-refractivity contribution in [3.63, 3.8) is 0 Å². The van der Waals surface area contributed by atoms with Gasteiger partial charge in [0.15, 0.2) is 0 Å². The lowest BCUT2D eigenvalue weighted by molar-refractivity contribution is -0.117. The Kier molecular flexibility index (Phi) is 5.70. The van der Waals surface area contributed by atoms with E-state index < -0.39 is 0 Å². The number of hydrogen-bond donors (Lipinski definition) is 1. The van der Waals surface area contributed by atoms with Crippen molar-refractivity contribution >= 4 is 5.91 Å². The lowest BCUT2D eigenvalue weighted by Crippen LogP contribution is -2.06. The quantitative estimate of drug-likeness (QED) is 0.678. The number of carbonyl (C=O) groups excluding carboxylic acids is 1. The minimum absolute atomic E-state index is 0.245.